The second kappa shape index (κ2) is 5.60. The number of rotatable bonds is 2. The van der Waals surface area contributed by atoms with E-state index in [1.54, 1.807) is 0 Å². The van der Waals surface area contributed by atoms with E-state index in [4.69, 9.17) is 9.31 Å². The fraction of sp³-hybridized carbons (Fsp3) is 0.588. The summed E-state index contributed by atoms with van der Waals surface area (Å²) in [5.41, 5.74) is -0.867. The number of hydrogen-bond acceptors (Lipinski definition) is 3. The van der Waals surface area contributed by atoms with Gasteiger partial charge < -0.3 is 14.6 Å². The molecule has 1 saturated heterocycles. The Hall–Kier alpha value is -1.40. The summed E-state index contributed by atoms with van der Waals surface area (Å²) < 4.78 is 26.0. The highest BCUT2D eigenvalue weighted by Gasteiger charge is 2.52. The molecule has 0 aromatic heterocycles. The van der Waals surface area contributed by atoms with Crippen LogP contribution in [0.25, 0.3) is 0 Å². The molecule has 2 rings (SSSR count). The molecule has 0 spiro atoms. The fourth-order valence-corrected chi connectivity index (χ4v) is 2.25. The van der Waals surface area contributed by atoms with Gasteiger partial charge in [-0.05, 0) is 66.7 Å². The summed E-state index contributed by atoms with van der Waals surface area (Å²) in [4.78, 5) is 12.3. The normalized spacial score (nSPS) is 19.7. The third-order valence-corrected chi connectivity index (χ3v) is 4.25. The molecule has 1 amide bonds. The standard InChI is InChI=1S/C17H25BFNO3/c1-15(2,3)20-14(21)11-8-9-13(19)12(10-11)18-22-16(4,5)17(6,7)23-18/h8-10H,1-7H3,(H,20,21). The largest absolute Gasteiger partial charge is 0.497 e. The summed E-state index contributed by atoms with van der Waals surface area (Å²) in [6, 6.07) is 4.24. The first-order chi connectivity index (χ1) is 10.3. The Morgan fingerprint density at radius 3 is 2.13 bits per heavy atom. The van der Waals surface area contributed by atoms with Crippen LogP contribution in [0.3, 0.4) is 0 Å². The molecular formula is C17H25BFNO3. The first-order valence-corrected chi connectivity index (χ1v) is 7.80. The summed E-state index contributed by atoms with van der Waals surface area (Å²) in [7, 11) is -0.831. The minimum atomic E-state index is -0.831. The third kappa shape index (κ3) is 3.75. The van der Waals surface area contributed by atoms with Gasteiger partial charge in [-0.15, -0.1) is 0 Å². The van der Waals surface area contributed by atoms with Crippen molar-refractivity contribution in [2.45, 2.75) is 65.2 Å². The van der Waals surface area contributed by atoms with Crippen molar-refractivity contribution in [2.75, 3.05) is 0 Å². The minimum Gasteiger partial charge on any atom is -0.399 e. The van der Waals surface area contributed by atoms with E-state index < -0.39 is 24.1 Å². The van der Waals surface area contributed by atoms with Crippen molar-refractivity contribution >= 4 is 18.5 Å². The number of halogens is 1. The minimum absolute atomic E-state index is 0.241. The van der Waals surface area contributed by atoms with Gasteiger partial charge in [0, 0.05) is 16.6 Å². The summed E-state index contributed by atoms with van der Waals surface area (Å²) >= 11 is 0. The molecule has 1 aliphatic rings. The molecule has 1 heterocycles. The zero-order valence-corrected chi connectivity index (χ0v) is 14.9. The Kier molecular flexibility index (Phi) is 4.37. The van der Waals surface area contributed by atoms with Crippen molar-refractivity contribution in [3.8, 4) is 0 Å². The van der Waals surface area contributed by atoms with Crippen LogP contribution < -0.4 is 10.8 Å². The molecule has 126 valence electrons. The van der Waals surface area contributed by atoms with Crippen molar-refractivity contribution in [1.29, 1.82) is 0 Å². The second-order valence-electron chi connectivity index (χ2n) is 8.03. The predicted octanol–water partition coefficient (Wildman–Crippen LogP) is 2.65. The maximum atomic E-state index is 14.2. The topological polar surface area (TPSA) is 47.6 Å². The van der Waals surface area contributed by atoms with Crippen LogP contribution in [0.5, 0.6) is 0 Å². The average Bonchev–Trinajstić information content (AvgIpc) is 2.56. The molecule has 4 nitrogen and oxygen atoms in total. The van der Waals surface area contributed by atoms with Crippen molar-refractivity contribution in [3.63, 3.8) is 0 Å². The molecule has 1 aromatic carbocycles. The van der Waals surface area contributed by atoms with Gasteiger partial charge in [0.25, 0.3) is 5.91 Å². The number of carbonyl (C=O) groups is 1. The Bertz CT molecular complexity index is 607. The summed E-state index contributed by atoms with van der Waals surface area (Å²) in [5, 5.41) is 2.86. The highest BCUT2D eigenvalue weighted by atomic mass is 19.1. The van der Waals surface area contributed by atoms with Crippen molar-refractivity contribution in [2.24, 2.45) is 0 Å². The maximum Gasteiger partial charge on any atom is 0.497 e. The van der Waals surface area contributed by atoms with Gasteiger partial charge in [-0.2, -0.15) is 0 Å². The van der Waals surface area contributed by atoms with Crippen LogP contribution in [0.15, 0.2) is 18.2 Å². The van der Waals surface area contributed by atoms with E-state index >= 15 is 0 Å². The molecule has 1 fully saturated rings. The molecule has 1 aromatic rings. The quantitative estimate of drug-likeness (QED) is 0.852. The van der Waals surface area contributed by atoms with Crippen LogP contribution >= 0.6 is 0 Å². The highest BCUT2D eigenvalue weighted by molar-refractivity contribution is 6.62. The molecule has 0 bridgehead atoms. The van der Waals surface area contributed by atoms with E-state index in [0.717, 1.165) is 0 Å². The van der Waals surface area contributed by atoms with Crippen LogP contribution in [-0.4, -0.2) is 29.8 Å². The third-order valence-electron chi connectivity index (χ3n) is 4.25. The first kappa shape index (κ1) is 18.0. The zero-order chi connectivity index (χ0) is 17.6. The van der Waals surface area contributed by atoms with E-state index in [2.05, 4.69) is 5.32 Å². The summed E-state index contributed by atoms with van der Waals surface area (Å²) in [6.45, 7) is 13.3. The molecule has 0 unspecified atom stereocenters. The van der Waals surface area contributed by atoms with Crippen molar-refractivity contribution in [3.05, 3.63) is 29.6 Å². The Balaban J connectivity index is 2.31. The average molecular weight is 321 g/mol. The molecule has 1 aliphatic heterocycles. The fourth-order valence-electron chi connectivity index (χ4n) is 2.25. The number of carbonyl (C=O) groups excluding carboxylic acids is 1. The second-order valence-corrected chi connectivity index (χ2v) is 8.03. The predicted molar refractivity (Wildman–Crippen MR) is 89.3 cm³/mol. The lowest BCUT2D eigenvalue weighted by Crippen LogP contribution is -2.42. The lowest BCUT2D eigenvalue weighted by molar-refractivity contribution is 0.00578. The number of amides is 1. The first-order valence-electron chi connectivity index (χ1n) is 7.80. The molecule has 6 heteroatoms. The van der Waals surface area contributed by atoms with Crippen LogP contribution in [0.4, 0.5) is 4.39 Å². The van der Waals surface area contributed by atoms with Gasteiger partial charge in [-0.3, -0.25) is 4.79 Å². The monoisotopic (exact) mass is 321 g/mol. The van der Waals surface area contributed by atoms with Crippen LogP contribution in [0.2, 0.25) is 0 Å². The van der Waals surface area contributed by atoms with Crippen LogP contribution in [0, 0.1) is 5.82 Å². The zero-order valence-electron chi connectivity index (χ0n) is 14.9. The molecule has 23 heavy (non-hydrogen) atoms. The SMILES string of the molecule is CC(C)(C)NC(=O)c1ccc(F)c(B2OC(C)(C)C(C)(C)O2)c1. The van der Waals surface area contributed by atoms with Gasteiger partial charge in [0.15, 0.2) is 0 Å². The van der Waals surface area contributed by atoms with Crippen molar-refractivity contribution in [1.82, 2.24) is 5.32 Å². The molecule has 0 atom stereocenters. The molecule has 0 radical (unpaired) electrons. The smallest absolute Gasteiger partial charge is 0.399 e. The van der Waals surface area contributed by atoms with Gasteiger partial charge >= 0.3 is 7.12 Å². The van der Waals surface area contributed by atoms with E-state index in [9.17, 15) is 9.18 Å². The van der Waals surface area contributed by atoms with Gasteiger partial charge in [0.1, 0.15) is 5.82 Å². The van der Waals surface area contributed by atoms with Gasteiger partial charge in [-0.1, -0.05) is 0 Å². The van der Waals surface area contributed by atoms with Crippen LogP contribution in [-0.2, 0) is 9.31 Å². The summed E-state index contributed by atoms with van der Waals surface area (Å²) in [5.74, 6) is -0.703. The Labute approximate surface area is 137 Å². The van der Waals surface area contributed by atoms with E-state index in [-0.39, 0.29) is 16.9 Å². The lowest BCUT2D eigenvalue weighted by atomic mass is 9.78. The van der Waals surface area contributed by atoms with Crippen LogP contribution in [0.1, 0.15) is 58.8 Å². The van der Waals surface area contributed by atoms with Crippen molar-refractivity contribution < 1.29 is 18.5 Å². The number of hydrogen-bond donors (Lipinski definition) is 1. The van der Waals surface area contributed by atoms with E-state index in [1.807, 2.05) is 48.5 Å². The van der Waals surface area contributed by atoms with E-state index in [1.165, 1.54) is 18.2 Å². The number of nitrogens with one attached hydrogen (secondary N) is 1. The molecule has 0 aliphatic carbocycles. The molecule has 0 saturated carbocycles. The van der Waals surface area contributed by atoms with E-state index in [0.29, 0.717) is 5.56 Å². The highest BCUT2D eigenvalue weighted by Crippen LogP contribution is 2.36. The lowest BCUT2D eigenvalue weighted by Gasteiger charge is -2.32. The molecular weight excluding hydrogens is 296 g/mol. The molecule has 1 N–H and O–H groups in total. The van der Waals surface area contributed by atoms with Gasteiger partial charge in [0.05, 0.1) is 11.2 Å². The van der Waals surface area contributed by atoms with Gasteiger partial charge in [0.2, 0.25) is 0 Å². The maximum absolute atomic E-state index is 14.2. The Morgan fingerprint density at radius 1 is 1.13 bits per heavy atom. The number of benzene rings is 1. The Morgan fingerprint density at radius 2 is 1.65 bits per heavy atom. The van der Waals surface area contributed by atoms with Gasteiger partial charge in [-0.25, -0.2) is 4.39 Å². The summed E-state index contributed by atoms with van der Waals surface area (Å²) in [6.07, 6.45) is 0.